The number of aryl methyl sites for hydroxylation is 1. The first kappa shape index (κ1) is 12.4. The average molecular weight is 275 g/mol. The highest BCUT2D eigenvalue weighted by molar-refractivity contribution is 7.12. The van der Waals surface area contributed by atoms with E-state index in [-0.39, 0.29) is 5.91 Å². The van der Waals surface area contributed by atoms with Gasteiger partial charge in [-0.25, -0.2) is 4.98 Å². The van der Waals surface area contributed by atoms with Crippen LogP contribution in [0.4, 0.5) is 0 Å². The highest BCUT2D eigenvalue weighted by Crippen LogP contribution is 2.21. The molecule has 0 saturated heterocycles. The van der Waals surface area contributed by atoms with Crippen LogP contribution >= 0.6 is 11.3 Å². The van der Waals surface area contributed by atoms with Crippen LogP contribution in [0.1, 0.15) is 21.9 Å². The Hall–Kier alpha value is -1.62. The summed E-state index contributed by atoms with van der Waals surface area (Å²) in [6.07, 6.45) is 5.98. The first-order valence-corrected chi connectivity index (χ1v) is 7.41. The fourth-order valence-electron chi connectivity index (χ4n) is 2.63. The van der Waals surface area contributed by atoms with Gasteiger partial charge in [0.2, 0.25) is 0 Å². The molecule has 3 heterocycles. The Balaban J connectivity index is 1.62. The monoisotopic (exact) mass is 275 g/mol. The SMILES string of the molecule is CN(CC1CCn2ccnc2C1)C(=O)c1cccs1. The van der Waals surface area contributed by atoms with Gasteiger partial charge in [0.15, 0.2) is 0 Å². The number of rotatable bonds is 3. The molecule has 0 aliphatic carbocycles. The van der Waals surface area contributed by atoms with E-state index in [9.17, 15) is 4.79 Å². The summed E-state index contributed by atoms with van der Waals surface area (Å²) in [6, 6.07) is 3.81. The molecule has 1 atom stereocenters. The number of aromatic nitrogens is 2. The van der Waals surface area contributed by atoms with Gasteiger partial charge < -0.3 is 9.47 Å². The number of hydrogen-bond acceptors (Lipinski definition) is 3. The zero-order chi connectivity index (χ0) is 13.2. The Kier molecular flexibility index (Phi) is 3.38. The van der Waals surface area contributed by atoms with E-state index in [1.807, 2.05) is 41.9 Å². The first-order chi connectivity index (χ1) is 9.24. The summed E-state index contributed by atoms with van der Waals surface area (Å²) in [5.74, 6) is 1.79. The summed E-state index contributed by atoms with van der Waals surface area (Å²) in [5, 5.41) is 1.94. The molecule has 3 rings (SSSR count). The largest absolute Gasteiger partial charge is 0.341 e. The van der Waals surface area contributed by atoms with Crippen LogP contribution in [0.2, 0.25) is 0 Å². The molecule has 0 bridgehead atoms. The zero-order valence-corrected chi connectivity index (χ0v) is 11.8. The third-order valence-corrected chi connectivity index (χ3v) is 4.52. The number of nitrogens with zero attached hydrogens (tertiary/aromatic N) is 3. The Labute approximate surface area is 116 Å². The van der Waals surface area contributed by atoms with Gasteiger partial charge in [-0.1, -0.05) is 6.07 Å². The lowest BCUT2D eigenvalue weighted by Crippen LogP contribution is -2.34. The summed E-state index contributed by atoms with van der Waals surface area (Å²) < 4.78 is 2.21. The number of hydrogen-bond donors (Lipinski definition) is 0. The smallest absolute Gasteiger partial charge is 0.263 e. The van der Waals surface area contributed by atoms with E-state index in [2.05, 4.69) is 9.55 Å². The van der Waals surface area contributed by atoms with Crippen LogP contribution in [-0.2, 0) is 13.0 Å². The van der Waals surface area contributed by atoms with E-state index < -0.39 is 0 Å². The van der Waals surface area contributed by atoms with Crippen molar-refractivity contribution in [1.82, 2.24) is 14.5 Å². The van der Waals surface area contributed by atoms with E-state index in [4.69, 9.17) is 0 Å². The van der Waals surface area contributed by atoms with Crippen molar-refractivity contribution in [2.75, 3.05) is 13.6 Å². The molecule has 0 saturated carbocycles. The first-order valence-electron chi connectivity index (χ1n) is 6.53. The molecule has 1 aliphatic heterocycles. The standard InChI is InChI=1S/C14H17N3OS/c1-16(14(18)12-3-2-8-19-12)10-11-4-6-17-7-5-15-13(17)9-11/h2-3,5,7-8,11H,4,6,9-10H2,1H3. The maximum absolute atomic E-state index is 12.2. The maximum atomic E-state index is 12.2. The molecule has 4 nitrogen and oxygen atoms in total. The summed E-state index contributed by atoms with van der Waals surface area (Å²) in [6.45, 7) is 1.82. The number of amides is 1. The maximum Gasteiger partial charge on any atom is 0.263 e. The number of fused-ring (bicyclic) bond motifs is 1. The van der Waals surface area contributed by atoms with Crippen LogP contribution in [0.15, 0.2) is 29.9 Å². The van der Waals surface area contributed by atoms with Crippen molar-refractivity contribution in [3.05, 3.63) is 40.6 Å². The van der Waals surface area contributed by atoms with Gasteiger partial charge in [-0.15, -0.1) is 11.3 Å². The Morgan fingerprint density at radius 1 is 1.63 bits per heavy atom. The van der Waals surface area contributed by atoms with E-state index >= 15 is 0 Å². The van der Waals surface area contributed by atoms with Gasteiger partial charge in [-0.2, -0.15) is 0 Å². The van der Waals surface area contributed by atoms with Gasteiger partial charge in [0.05, 0.1) is 4.88 Å². The lowest BCUT2D eigenvalue weighted by molar-refractivity contribution is 0.0769. The van der Waals surface area contributed by atoms with E-state index in [0.29, 0.717) is 5.92 Å². The third-order valence-electron chi connectivity index (χ3n) is 3.66. The minimum atomic E-state index is 0.129. The van der Waals surface area contributed by atoms with Gasteiger partial charge >= 0.3 is 0 Å². The molecular formula is C14H17N3OS. The molecule has 1 amide bonds. The van der Waals surface area contributed by atoms with Crippen LogP contribution in [0.3, 0.4) is 0 Å². The predicted molar refractivity (Wildman–Crippen MR) is 75.3 cm³/mol. The molecule has 100 valence electrons. The van der Waals surface area contributed by atoms with Crippen molar-refractivity contribution >= 4 is 17.2 Å². The van der Waals surface area contributed by atoms with Crippen molar-refractivity contribution < 1.29 is 4.79 Å². The molecule has 19 heavy (non-hydrogen) atoms. The molecule has 0 fully saturated rings. The predicted octanol–water partition coefficient (Wildman–Crippen LogP) is 2.28. The second-order valence-corrected chi connectivity index (χ2v) is 6.01. The lowest BCUT2D eigenvalue weighted by atomic mass is 9.97. The molecule has 0 radical (unpaired) electrons. The van der Waals surface area contributed by atoms with Crippen molar-refractivity contribution in [3.8, 4) is 0 Å². The highest BCUT2D eigenvalue weighted by Gasteiger charge is 2.22. The molecular weight excluding hydrogens is 258 g/mol. The summed E-state index contributed by atoms with van der Waals surface area (Å²) in [4.78, 5) is 19.2. The molecule has 2 aromatic rings. The molecule has 1 aliphatic rings. The summed E-state index contributed by atoms with van der Waals surface area (Å²) >= 11 is 1.50. The minimum absolute atomic E-state index is 0.129. The normalized spacial score (nSPS) is 18.1. The Bertz CT molecular complexity index is 561. The number of imidazole rings is 1. The quantitative estimate of drug-likeness (QED) is 0.862. The van der Waals surface area contributed by atoms with Gasteiger partial charge in [-0.05, 0) is 23.8 Å². The molecule has 2 aromatic heterocycles. The Morgan fingerprint density at radius 3 is 3.32 bits per heavy atom. The number of carbonyl (C=O) groups is 1. The molecule has 0 aromatic carbocycles. The fourth-order valence-corrected chi connectivity index (χ4v) is 3.35. The van der Waals surface area contributed by atoms with Gasteiger partial charge in [0.25, 0.3) is 5.91 Å². The van der Waals surface area contributed by atoms with Crippen molar-refractivity contribution in [2.45, 2.75) is 19.4 Å². The molecule has 0 N–H and O–H groups in total. The van der Waals surface area contributed by atoms with Crippen molar-refractivity contribution in [2.24, 2.45) is 5.92 Å². The van der Waals surface area contributed by atoms with E-state index in [1.165, 1.54) is 11.3 Å². The second-order valence-electron chi connectivity index (χ2n) is 5.06. The van der Waals surface area contributed by atoms with E-state index in [0.717, 1.165) is 36.6 Å². The average Bonchev–Trinajstić information content (AvgIpc) is 3.08. The van der Waals surface area contributed by atoms with Crippen LogP contribution < -0.4 is 0 Å². The summed E-state index contributed by atoms with van der Waals surface area (Å²) in [5.41, 5.74) is 0. The van der Waals surface area contributed by atoms with Crippen LogP contribution in [0.25, 0.3) is 0 Å². The van der Waals surface area contributed by atoms with Crippen LogP contribution in [-0.4, -0.2) is 34.0 Å². The topological polar surface area (TPSA) is 38.1 Å². The zero-order valence-electron chi connectivity index (χ0n) is 11.0. The minimum Gasteiger partial charge on any atom is -0.341 e. The van der Waals surface area contributed by atoms with E-state index in [1.54, 1.807) is 0 Å². The lowest BCUT2D eigenvalue weighted by Gasteiger charge is -2.27. The molecule has 0 spiro atoms. The Morgan fingerprint density at radius 2 is 2.53 bits per heavy atom. The van der Waals surface area contributed by atoms with Crippen molar-refractivity contribution in [3.63, 3.8) is 0 Å². The summed E-state index contributed by atoms with van der Waals surface area (Å²) in [7, 11) is 1.89. The third kappa shape index (κ3) is 2.56. The second kappa shape index (κ2) is 5.17. The van der Waals surface area contributed by atoms with Gasteiger partial charge in [0.1, 0.15) is 5.82 Å². The molecule has 1 unspecified atom stereocenters. The van der Waals surface area contributed by atoms with Crippen LogP contribution in [0, 0.1) is 5.92 Å². The van der Waals surface area contributed by atoms with Gasteiger partial charge in [-0.3, -0.25) is 4.79 Å². The fraction of sp³-hybridized carbons (Fsp3) is 0.429. The highest BCUT2D eigenvalue weighted by atomic mass is 32.1. The van der Waals surface area contributed by atoms with Crippen molar-refractivity contribution in [1.29, 1.82) is 0 Å². The van der Waals surface area contributed by atoms with Gasteiger partial charge in [0, 0.05) is 39.0 Å². The number of thiophene rings is 1. The molecule has 5 heteroatoms. The number of carbonyl (C=O) groups excluding carboxylic acids is 1. The van der Waals surface area contributed by atoms with Crippen LogP contribution in [0.5, 0.6) is 0 Å².